The van der Waals surface area contributed by atoms with Gasteiger partial charge in [0.1, 0.15) is 16.5 Å². The molecule has 26 heavy (non-hydrogen) atoms. The van der Waals surface area contributed by atoms with E-state index in [1.54, 1.807) is 11.0 Å². The van der Waals surface area contributed by atoms with Crippen molar-refractivity contribution in [3.63, 3.8) is 0 Å². The third kappa shape index (κ3) is 3.88. The average Bonchev–Trinajstić information content (AvgIpc) is 3.07. The van der Waals surface area contributed by atoms with E-state index in [0.717, 1.165) is 18.9 Å². The first-order chi connectivity index (χ1) is 12.3. The first-order valence-electron chi connectivity index (χ1n) is 7.84. The van der Waals surface area contributed by atoms with Gasteiger partial charge in [-0.15, -0.1) is 0 Å². The van der Waals surface area contributed by atoms with Crippen molar-refractivity contribution in [3.05, 3.63) is 58.1 Å². The lowest BCUT2D eigenvalue weighted by Crippen LogP contribution is -2.27. The van der Waals surface area contributed by atoms with E-state index in [1.807, 2.05) is 0 Å². The van der Waals surface area contributed by atoms with Crippen LogP contribution in [0.25, 0.3) is 0 Å². The zero-order valence-corrected chi connectivity index (χ0v) is 15.9. The monoisotopic (exact) mass is 444 g/mol. The number of anilines is 1. The summed E-state index contributed by atoms with van der Waals surface area (Å²) in [6.07, 6.45) is 1.88. The van der Waals surface area contributed by atoms with Crippen molar-refractivity contribution in [1.82, 2.24) is 4.90 Å². The Kier molecular flexibility index (Phi) is 5.29. The maximum atomic E-state index is 14.0. The summed E-state index contributed by atoms with van der Waals surface area (Å²) in [6, 6.07) is 7.34. The first kappa shape index (κ1) is 18.8. The quantitative estimate of drug-likeness (QED) is 0.780. The molecule has 9 heteroatoms. The first-order valence-corrected chi connectivity index (χ1v) is 10.1. The molecule has 0 bridgehead atoms. The highest BCUT2D eigenvalue weighted by molar-refractivity contribution is 9.10. The van der Waals surface area contributed by atoms with E-state index in [2.05, 4.69) is 20.7 Å². The van der Waals surface area contributed by atoms with Gasteiger partial charge in [0.05, 0.1) is 0 Å². The number of likely N-dealkylation sites (tertiary alicyclic amines) is 1. The number of nitrogens with zero attached hydrogens (tertiary/aromatic N) is 1. The fourth-order valence-electron chi connectivity index (χ4n) is 2.81. The molecule has 1 fully saturated rings. The molecule has 2 aromatic carbocycles. The lowest BCUT2D eigenvalue weighted by molar-refractivity contribution is 0.0793. The SMILES string of the molecule is O=C(c1cccc(NS(=O)(=O)c2c(F)cc(F)cc2Br)c1)N1CCCC1. The molecule has 0 radical (unpaired) electrons. The number of rotatable bonds is 4. The van der Waals surface area contributed by atoms with E-state index >= 15 is 0 Å². The summed E-state index contributed by atoms with van der Waals surface area (Å²) in [7, 11) is -4.32. The van der Waals surface area contributed by atoms with Crippen LogP contribution in [0.3, 0.4) is 0 Å². The molecule has 0 aromatic heterocycles. The predicted molar refractivity (Wildman–Crippen MR) is 96.4 cm³/mol. The van der Waals surface area contributed by atoms with Crippen LogP contribution in [0.4, 0.5) is 14.5 Å². The van der Waals surface area contributed by atoms with Crippen molar-refractivity contribution < 1.29 is 22.0 Å². The molecule has 1 heterocycles. The summed E-state index contributed by atoms with van der Waals surface area (Å²) < 4.78 is 54.1. The van der Waals surface area contributed by atoms with Crippen molar-refractivity contribution >= 4 is 37.5 Å². The molecule has 0 unspecified atom stereocenters. The fraction of sp³-hybridized carbons (Fsp3) is 0.235. The van der Waals surface area contributed by atoms with E-state index in [-0.39, 0.29) is 16.1 Å². The van der Waals surface area contributed by atoms with E-state index < -0.39 is 26.6 Å². The number of nitrogens with one attached hydrogen (secondary N) is 1. The van der Waals surface area contributed by atoms with Gasteiger partial charge in [-0.2, -0.15) is 0 Å². The molecular weight excluding hydrogens is 430 g/mol. The molecule has 2 aromatic rings. The average molecular weight is 445 g/mol. The van der Waals surface area contributed by atoms with Crippen LogP contribution < -0.4 is 4.72 Å². The van der Waals surface area contributed by atoms with Gasteiger partial charge in [0.2, 0.25) is 0 Å². The number of sulfonamides is 1. The predicted octanol–water partition coefficient (Wildman–Crippen LogP) is 3.76. The number of carbonyl (C=O) groups excluding carboxylic acids is 1. The minimum absolute atomic E-state index is 0.116. The van der Waals surface area contributed by atoms with Gasteiger partial charge in [-0.05, 0) is 53.0 Å². The van der Waals surface area contributed by atoms with E-state index in [1.165, 1.54) is 18.2 Å². The van der Waals surface area contributed by atoms with Crippen LogP contribution in [0.5, 0.6) is 0 Å². The highest BCUT2D eigenvalue weighted by Gasteiger charge is 2.25. The molecule has 0 atom stereocenters. The Bertz CT molecular complexity index is 937. The van der Waals surface area contributed by atoms with Gasteiger partial charge < -0.3 is 4.90 Å². The Morgan fingerprint density at radius 1 is 1.12 bits per heavy atom. The maximum absolute atomic E-state index is 14.0. The van der Waals surface area contributed by atoms with Crippen molar-refractivity contribution in [3.8, 4) is 0 Å². The van der Waals surface area contributed by atoms with Gasteiger partial charge in [-0.3, -0.25) is 9.52 Å². The van der Waals surface area contributed by atoms with Crippen molar-refractivity contribution in [1.29, 1.82) is 0 Å². The molecular formula is C17H15BrF2N2O3S. The highest BCUT2D eigenvalue weighted by atomic mass is 79.9. The standard InChI is InChI=1S/C17H15BrF2N2O3S/c18-14-9-12(19)10-15(20)16(14)26(24,25)21-13-5-3-4-11(8-13)17(23)22-6-1-2-7-22/h3-5,8-10,21H,1-2,6-7H2. The number of benzene rings is 2. The zero-order chi connectivity index (χ0) is 18.9. The molecule has 0 saturated carbocycles. The lowest BCUT2D eigenvalue weighted by Gasteiger charge is -2.16. The summed E-state index contributed by atoms with van der Waals surface area (Å²) in [5.41, 5.74) is 0.455. The largest absolute Gasteiger partial charge is 0.339 e. The van der Waals surface area contributed by atoms with Gasteiger partial charge in [0, 0.05) is 34.9 Å². The zero-order valence-electron chi connectivity index (χ0n) is 13.5. The van der Waals surface area contributed by atoms with Gasteiger partial charge in [0.25, 0.3) is 15.9 Å². The van der Waals surface area contributed by atoms with E-state index in [9.17, 15) is 22.0 Å². The van der Waals surface area contributed by atoms with Crippen molar-refractivity contribution in [2.75, 3.05) is 17.8 Å². The third-order valence-corrected chi connectivity index (χ3v) is 6.33. The number of amides is 1. The summed E-state index contributed by atoms with van der Waals surface area (Å²) in [6.45, 7) is 1.34. The molecule has 138 valence electrons. The van der Waals surface area contributed by atoms with Gasteiger partial charge in [0.15, 0.2) is 0 Å². The van der Waals surface area contributed by atoms with Crippen molar-refractivity contribution in [2.24, 2.45) is 0 Å². The molecule has 1 amide bonds. The Balaban J connectivity index is 1.89. The van der Waals surface area contributed by atoms with Crippen LogP contribution >= 0.6 is 15.9 Å². The highest BCUT2D eigenvalue weighted by Crippen LogP contribution is 2.28. The summed E-state index contributed by atoms with van der Waals surface area (Å²) >= 11 is 2.87. The Hall–Kier alpha value is -2.00. The smallest absolute Gasteiger partial charge is 0.265 e. The van der Waals surface area contributed by atoms with Crippen LogP contribution in [0, 0.1) is 11.6 Å². The minimum atomic E-state index is -4.32. The summed E-state index contributed by atoms with van der Waals surface area (Å²) in [5, 5.41) is 0. The van der Waals surface area contributed by atoms with Gasteiger partial charge in [-0.25, -0.2) is 17.2 Å². The van der Waals surface area contributed by atoms with Crippen molar-refractivity contribution in [2.45, 2.75) is 17.7 Å². The van der Waals surface area contributed by atoms with Gasteiger partial charge >= 0.3 is 0 Å². The Morgan fingerprint density at radius 2 is 1.81 bits per heavy atom. The normalized spacial score (nSPS) is 14.5. The van der Waals surface area contributed by atoms with Crippen LogP contribution in [0.1, 0.15) is 23.2 Å². The molecule has 1 saturated heterocycles. The van der Waals surface area contributed by atoms with E-state index in [4.69, 9.17) is 0 Å². The second-order valence-corrected chi connectivity index (χ2v) is 8.36. The second-order valence-electron chi connectivity index (χ2n) is 5.88. The lowest BCUT2D eigenvalue weighted by atomic mass is 10.2. The molecule has 1 N–H and O–H groups in total. The third-order valence-electron chi connectivity index (χ3n) is 3.99. The molecule has 5 nitrogen and oxygen atoms in total. The van der Waals surface area contributed by atoms with Crippen LogP contribution in [0.2, 0.25) is 0 Å². The number of hydrogen-bond donors (Lipinski definition) is 1. The number of carbonyl (C=O) groups is 1. The Morgan fingerprint density at radius 3 is 2.46 bits per heavy atom. The second kappa shape index (κ2) is 7.32. The Labute approximate surface area is 158 Å². The molecule has 1 aliphatic heterocycles. The molecule has 3 rings (SSSR count). The molecule has 0 spiro atoms. The molecule has 1 aliphatic rings. The van der Waals surface area contributed by atoms with E-state index in [0.29, 0.717) is 24.7 Å². The van der Waals surface area contributed by atoms with Gasteiger partial charge in [-0.1, -0.05) is 6.07 Å². The summed E-state index contributed by atoms with van der Waals surface area (Å²) in [4.78, 5) is 13.4. The minimum Gasteiger partial charge on any atom is -0.339 e. The number of halogens is 3. The van der Waals surface area contributed by atoms with Crippen LogP contribution in [-0.2, 0) is 10.0 Å². The molecule has 0 aliphatic carbocycles. The number of hydrogen-bond acceptors (Lipinski definition) is 3. The maximum Gasteiger partial charge on any atom is 0.265 e. The topological polar surface area (TPSA) is 66.5 Å². The van der Waals surface area contributed by atoms with Crippen LogP contribution in [0.15, 0.2) is 45.8 Å². The summed E-state index contributed by atoms with van der Waals surface area (Å²) in [5.74, 6) is -2.29. The van der Waals surface area contributed by atoms with Crippen LogP contribution in [-0.4, -0.2) is 32.3 Å². The fourth-order valence-corrected chi connectivity index (χ4v) is 5.03.